The van der Waals surface area contributed by atoms with Crippen LogP contribution < -0.4 is 0 Å². The summed E-state index contributed by atoms with van der Waals surface area (Å²) in [5.74, 6) is -0.778. The Morgan fingerprint density at radius 1 is 1.42 bits per heavy atom. The van der Waals surface area contributed by atoms with E-state index in [1.54, 1.807) is 18.0 Å². The average Bonchev–Trinajstić information content (AvgIpc) is 2.32. The lowest BCUT2D eigenvalue weighted by Gasteiger charge is -2.49. The fourth-order valence-corrected chi connectivity index (χ4v) is 2.60. The molecule has 4 nitrogen and oxygen atoms in total. The number of carbonyl (C=O) groups is 1. The second-order valence-corrected chi connectivity index (χ2v) is 5.50. The summed E-state index contributed by atoms with van der Waals surface area (Å²) >= 11 is 0. The summed E-state index contributed by atoms with van der Waals surface area (Å²) in [4.78, 5) is 19.6. The minimum Gasteiger partial charge on any atom is -0.340 e. The second kappa shape index (κ2) is 5.25. The zero-order chi connectivity index (χ0) is 14.0. The van der Waals surface area contributed by atoms with Crippen LogP contribution in [0.5, 0.6) is 0 Å². The van der Waals surface area contributed by atoms with Crippen LogP contribution in [0, 0.1) is 5.95 Å². The molecule has 5 heteroatoms. The first-order chi connectivity index (χ1) is 8.94. The third kappa shape index (κ3) is 2.76. The number of likely N-dealkylation sites (N-methyl/N-ethyl adjacent to an activating group) is 2. The molecule has 104 valence electrons. The number of halogens is 1. The summed E-state index contributed by atoms with van der Waals surface area (Å²) in [7, 11) is 5.86. The molecule has 1 aliphatic rings. The van der Waals surface area contributed by atoms with E-state index in [1.165, 1.54) is 18.7 Å². The van der Waals surface area contributed by atoms with E-state index >= 15 is 0 Å². The summed E-state index contributed by atoms with van der Waals surface area (Å²) in [6.07, 6.45) is 4.72. The third-order valence-electron chi connectivity index (χ3n) is 4.08. The molecule has 1 heterocycles. The molecule has 1 aromatic heterocycles. The van der Waals surface area contributed by atoms with Gasteiger partial charge in [0, 0.05) is 37.0 Å². The molecule has 19 heavy (non-hydrogen) atoms. The highest BCUT2D eigenvalue weighted by Gasteiger charge is 2.40. The summed E-state index contributed by atoms with van der Waals surface area (Å²) in [5.41, 5.74) is 0.430. The zero-order valence-electron chi connectivity index (χ0n) is 11.7. The van der Waals surface area contributed by atoms with E-state index in [-0.39, 0.29) is 11.4 Å². The number of rotatable bonds is 4. The lowest BCUT2D eigenvalue weighted by molar-refractivity contribution is 0.0252. The van der Waals surface area contributed by atoms with Crippen LogP contribution in [-0.4, -0.2) is 53.9 Å². The van der Waals surface area contributed by atoms with Crippen molar-refractivity contribution in [1.29, 1.82) is 0 Å². The highest BCUT2D eigenvalue weighted by atomic mass is 19.1. The van der Waals surface area contributed by atoms with E-state index in [0.29, 0.717) is 12.1 Å². The van der Waals surface area contributed by atoms with Gasteiger partial charge in [0.15, 0.2) is 0 Å². The normalized spacial score (nSPS) is 17.1. The second-order valence-electron chi connectivity index (χ2n) is 5.50. The molecule has 0 aromatic carbocycles. The first-order valence-electron chi connectivity index (χ1n) is 6.49. The lowest BCUT2D eigenvalue weighted by atomic mass is 9.75. The topological polar surface area (TPSA) is 36.4 Å². The van der Waals surface area contributed by atoms with Crippen LogP contribution in [0.1, 0.15) is 29.6 Å². The lowest BCUT2D eigenvalue weighted by Crippen LogP contribution is -2.57. The Balaban J connectivity index is 2.07. The quantitative estimate of drug-likeness (QED) is 0.779. The molecule has 0 radical (unpaired) electrons. The minimum absolute atomic E-state index is 0.0794. The van der Waals surface area contributed by atoms with Crippen molar-refractivity contribution in [3.8, 4) is 0 Å². The van der Waals surface area contributed by atoms with Gasteiger partial charge in [-0.05, 0) is 39.4 Å². The van der Waals surface area contributed by atoms with E-state index in [2.05, 4.69) is 9.88 Å². The third-order valence-corrected chi connectivity index (χ3v) is 4.08. The molecule has 0 unspecified atom stereocenters. The van der Waals surface area contributed by atoms with Crippen LogP contribution in [0.25, 0.3) is 0 Å². The minimum atomic E-state index is -0.620. The van der Waals surface area contributed by atoms with Crippen LogP contribution in [-0.2, 0) is 0 Å². The van der Waals surface area contributed by atoms with Gasteiger partial charge in [0.25, 0.3) is 5.91 Å². The summed E-state index contributed by atoms with van der Waals surface area (Å²) in [6, 6.07) is 2.73. The van der Waals surface area contributed by atoms with Crippen molar-refractivity contribution in [3.05, 3.63) is 29.8 Å². The Bertz CT molecular complexity index is 472. The number of pyridine rings is 1. The van der Waals surface area contributed by atoms with Crippen molar-refractivity contribution in [1.82, 2.24) is 14.8 Å². The fraction of sp³-hybridized carbons (Fsp3) is 0.571. The molecule has 0 aliphatic heterocycles. The monoisotopic (exact) mass is 265 g/mol. The van der Waals surface area contributed by atoms with Crippen molar-refractivity contribution < 1.29 is 9.18 Å². The molecule has 0 saturated heterocycles. The summed E-state index contributed by atoms with van der Waals surface area (Å²) in [5, 5.41) is 0. The SMILES string of the molecule is CN(CC1(N(C)C)CCC1)C(=O)c1ccnc(F)c1. The van der Waals surface area contributed by atoms with Gasteiger partial charge in [0.2, 0.25) is 5.95 Å². The van der Waals surface area contributed by atoms with Crippen LogP contribution in [0.4, 0.5) is 4.39 Å². The number of amides is 1. The number of nitrogens with zero attached hydrogens (tertiary/aromatic N) is 3. The van der Waals surface area contributed by atoms with Gasteiger partial charge in [0.1, 0.15) is 0 Å². The van der Waals surface area contributed by atoms with Gasteiger partial charge >= 0.3 is 0 Å². The number of carbonyl (C=O) groups excluding carboxylic acids is 1. The largest absolute Gasteiger partial charge is 0.340 e. The van der Waals surface area contributed by atoms with Gasteiger partial charge in [0.05, 0.1) is 0 Å². The maximum absolute atomic E-state index is 13.0. The fourth-order valence-electron chi connectivity index (χ4n) is 2.60. The Hall–Kier alpha value is -1.49. The van der Waals surface area contributed by atoms with E-state index in [0.717, 1.165) is 12.8 Å². The summed E-state index contributed by atoms with van der Waals surface area (Å²) in [6.45, 7) is 0.669. The van der Waals surface area contributed by atoms with Crippen molar-refractivity contribution >= 4 is 5.91 Å². The Morgan fingerprint density at radius 2 is 2.11 bits per heavy atom. The first-order valence-corrected chi connectivity index (χ1v) is 6.49. The van der Waals surface area contributed by atoms with Crippen molar-refractivity contribution in [2.45, 2.75) is 24.8 Å². The predicted octanol–water partition coefficient (Wildman–Crippen LogP) is 1.78. The number of hydrogen-bond donors (Lipinski definition) is 0. The maximum atomic E-state index is 13.0. The molecular formula is C14H20FN3O. The highest BCUT2D eigenvalue weighted by Crippen LogP contribution is 2.36. The molecule has 0 spiro atoms. The van der Waals surface area contributed by atoms with Gasteiger partial charge in [-0.15, -0.1) is 0 Å². The molecular weight excluding hydrogens is 245 g/mol. The zero-order valence-corrected chi connectivity index (χ0v) is 11.7. The standard InChI is InChI=1S/C14H20FN3O/c1-17(2)14(6-4-7-14)10-18(3)13(19)11-5-8-16-12(15)9-11/h5,8-9H,4,6-7,10H2,1-3H3. The number of hydrogen-bond acceptors (Lipinski definition) is 3. The van der Waals surface area contributed by atoms with Gasteiger partial charge in [-0.2, -0.15) is 4.39 Å². The van der Waals surface area contributed by atoms with E-state index in [1.807, 2.05) is 14.1 Å². The molecule has 0 bridgehead atoms. The van der Waals surface area contributed by atoms with Crippen LogP contribution in [0.3, 0.4) is 0 Å². The molecule has 1 fully saturated rings. The first kappa shape index (κ1) is 13.9. The average molecular weight is 265 g/mol. The molecule has 1 aromatic rings. The van der Waals surface area contributed by atoms with E-state index in [9.17, 15) is 9.18 Å². The molecule has 0 atom stereocenters. The van der Waals surface area contributed by atoms with Crippen molar-refractivity contribution in [3.63, 3.8) is 0 Å². The van der Waals surface area contributed by atoms with Gasteiger partial charge in [-0.1, -0.05) is 0 Å². The van der Waals surface area contributed by atoms with Crippen LogP contribution >= 0.6 is 0 Å². The Kier molecular flexibility index (Phi) is 3.85. The highest BCUT2D eigenvalue weighted by molar-refractivity contribution is 5.93. The predicted molar refractivity (Wildman–Crippen MR) is 71.4 cm³/mol. The van der Waals surface area contributed by atoms with E-state index in [4.69, 9.17) is 0 Å². The number of aromatic nitrogens is 1. The van der Waals surface area contributed by atoms with Gasteiger partial charge in [-0.3, -0.25) is 4.79 Å². The van der Waals surface area contributed by atoms with Crippen LogP contribution in [0.2, 0.25) is 0 Å². The van der Waals surface area contributed by atoms with Gasteiger partial charge < -0.3 is 9.80 Å². The maximum Gasteiger partial charge on any atom is 0.253 e. The van der Waals surface area contributed by atoms with Crippen molar-refractivity contribution in [2.75, 3.05) is 27.7 Å². The van der Waals surface area contributed by atoms with Crippen molar-refractivity contribution in [2.24, 2.45) is 0 Å². The van der Waals surface area contributed by atoms with E-state index < -0.39 is 5.95 Å². The molecule has 2 rings (SSSR count). The Morgan fingerprint density at radius 3 is 2.58 bits per heavy atom. The summed E-state index contributed by atoms with van der Waals surface area (Å²) < 4.78 is 13.0. The molecule has 1 saturated carbocycles. The molecule has 0 N–H and O–H groups in total. The Labute approximate surface area is 113 Å². The molecule has 1 amide bonds. The smallest absolute Gasteiger partial charge is 0.253 e. The van der Waals surface area contributed by atoms with Crippen LogP contribution in [0.15, 0.2) is 18.3 Å². The molecule has 1 aliphatic carbocycles. The van der Waals surface area contributed by atoms with Gasteiger partial charge in [-0.25, -0.2) is 4.98 Å².